The van der Waals surface area contributed by atoms with Gasteiger partial charge in [-0.1, -0.05) is 84.9 Å². The third-order valence-electron chi connectivity index (χ3n) is 8.69. The Hall–Kier alpha value is -5.34. The maximum absolute atomic E-state index is 13.9. The first kappa shape index (κ1) is 28.4. The molecule has 1 aliphatic heterocycles. The second kappa shape index (κ2) is 11.3. The van der Waals surface area contributed by atoms with Gasteiger partial charge in [0.1, 0.15) is 17.9 Å². The Kier molecular flexibility index (Phi) is 7.14. The second-order valence-corrected chi connectivity index (χ2v) is 11.4. The molecule has 5 aromatic carbocycles. The Morgan fingerprint density at radius 3 is 2.42 bits per heavy atom. The van der Waals surface area contributed by atoms with E-state index in [1.165, 1.54) is 7.11 Å². The highest BCUT2D eigenvalue weighted by Gasteiger charge is 2.64. The molecule has 8 heteroatoms. The fourth-order valence-electron chi connectivity index (χ4n) is 6.42. The standard InChI is InChI=1S/C37H33N3O5/c1-40(35-38-32-16-7-8-17-33(32)45-35)22-23-44-27-20-18-25(19-21-27)24-36(34(41)43-2)37(42,30-13-5-6-15-31(30)39-36)29-14-9-11-26-10-3-4-12-28(26)29/h3-21,39,42H,22-24H2,1-2H3. The minimum absolute atomic E-state index is 0.162. The summed E-state index contributed by atoms with van der Waals surface area (Å²) >= 11 is 0. The van der Waals surface area contributed by atoms with Crippen LogP contribution in [0.2, 0.25) is 0 Å². The van der Waals surface area contributed by atoms with E-state index in [2.05, 4.69) is 10.3 Å². The molecule has 8 nitrogen and oxygen atoms in total. The molecule has 1 aromatic heterocycles. The number of methoxy groups -OCH3 is 1. The van der Waals surface area contributed by atoms with Crippen molar-refractivity contribution in [2.75, 3.05) is 37.5 Å². The van der Waals surface area contributed by atoms with Crippen LogP contribution >= 0.6 is 0 Å². The number of nitrogens with one attached hydrogen (secondary N) is 1. The molecule has 0 fully saturated rings. The highest BCUT2D eigenvalue weighted by molar-refractivity contribution is 5.96. The molecule has 0 saturated carbocycles. The molecule has 0 spiro atoms. The lowest BCUT2D eigenvalue weighted by Gasteiger charge is -2.41. The predicted octanol–water partition coefficient (Wildman–Crippen LogP) is 6.31. The molecule has 0 saturated heterocycles. The normalized spacial score (nSPS) is 18.8. The summed E-state index contributed by atoms with van der Waals surface area (Å²) in [5, 5.41) is 18.2. The number of benzene rings is 5. The summed E-state index contributed by atoms with van der Waals surface area (Å²) in [5.41, 5.74) is 1.04. The van der Waals surface area contributed by atoms with E-state index in [1.54, 1.807) is 0 Å². The minimum atomic E-state index is -1.73. The summed E-state index contributed by atoms with van der Waals surface area (Å²) in [6.07, 6.45) is 0.162. The van der Waals surface area contributed by atoms with Gasteiger partial charge in [0.25, 0.3) is 6.01 Å². The zero-order valence-electron chi connectivity index (χ0n) is 25.1. The number of ether oxygens (including phenoxy) is 2. The van der Waals surface area contributed by atoms with Crippen molar-refractivity contribution in [3.05, 3.63) is 132 Å². The topological polar surface area (TPSA) is 97.1 Å². The van der Waals surface area contributed by atoms with Crippen molar-refractivity contribution in [3.63, 3.8) is 0 Å². The lowest BCUT2D eigenvalue weighted by Crippen LogP contribution is -2.61. The van der Waals surface area contributed by atoms with Gasteiger partial charge in [0, 0.05) is 24.7 Å². The highest BCUT2D eigenvalue weighted by Crippen LogP contribution is 2.53. The quantitative estimate of drug-likeness (QED) is 0.187. The van der Waals surface area contributed by atoms with E-state index in [9.17, 15) is 9.90 Å². The summed E-state index contributed by atoms with van der Waals surface area (Å²) in [7, 11) is 3.26. The molecule has 2 heterocycles. The van der Waals surface area contributed by atoms with Gasteiger partial charge >= 0.3 is 5.97 Å². The van der Waals surface area contributed by atoms with Crippen molar-refractivity contribution in [1.29, 1.82) is 0 Å². The van der Waals surface area contributed by atoms with Crippen molar-refractivity contribution in [3.8, 4) is 5.75 Å². The Balaban J connectivity index is 1.16. The number of oxazole rings is 1. The second-order valence-electron chi connectivity index (χ2n) is 11.4. The number of carbonyl (C=O) groups is 1. The molecule has 2 atom stereocenters. The summed E-state index contributed by atoms with van der Waals surface area (Å²) < 4.78 is 17.3. The van der Waals surface area contributed by atoms with Gasteiger partial charge < -0.3 is 29.2 Å². The number of aromatic nitrogens is 1. The maximum Gasteiger partial charge on any atom is 0.335 e. The molecule has 226 valence electrons. The summed E-state index contributed by atoms with van der Waals surface area (Å²) in [5.74, 6) is 0.125. The Morgan fingerprint density at radius 1 is 0.889 bits per heavy atom. The number of para-hydroxylation sites is 3. The third kappa shape index (κ3) is 4.74. The first-order valence-corrected chi connectivity index (χ1v) is 14.9. The van der Waals surface area contributed by atoms with Gasteiger partial charge in [-0.3, -0.25) is 0 Å². The van der Waals surface area contributed by atoms with Crippen LogP contribution in [-0.4, -0.2) is 48.9 Å². The molecular weight excluding hydrogens is 566 g/mol. The Bertz CT molecular complexity index is 1970. The van der Waals surface area contributed by atoms with Crippen LogP contribution < -0.4 is 15.0 Å². The number of fused-ring (bicyclic) bond motifs is 3. The van der Waals surface area contributed by atoms with Gasteiger partial charge in [-0.25, -0.2) is 4.79 Å². The van der Waals surface area contributed by atoms with Crippen LogP contribution in [-0.2, 0) is 21.6 Å². The minimum Gasteiger partial charge on any atom is -0.492 e. The summed E-state index contributed by atoms with van der Waals surface area (Å²) in [6.45, 7) is 0.985. The number of aliphatic hydroxyl groups is 1. The molecule has 2 unspecified atom stereocenters. The van der Waals surface area contributed by atoms with Gasteiger partial charge in [0.2, 0.25) is 0 Å². The number of anilines is 2. The van der Waals surface area contributed by atoms with E-state index < -0.39 is 17.1 Å². The lowest BCUT2D eigenvalue weighted by molar-refractivity contribution is -0.154. The van der Waals surface area contributed by atoms with Crippen molar-refractivity contribution in [1.82, 2.24) is 4.98 Å². The van der Waals surface area contributed by atoms with Crippen LogP contribution in [0, 0.1) is 0 Å². The molecule has 1 aliphatic rings. The average molecular weight is 600 g/mol. The summed E-state index contributed by atoms with van der Waals surface area (Å²) in [6, 6.07) is 36.9. The first-order valence-electron chi connectivity index (χ1n) is 14.9. The number of nitrogens with zero attached hydrogens (tertiary/aromatic N) is 2. The summed E-state index contributed by atoms with van der Waals surface area (Å²) in [4.78, 5) is 20.3. The monoisotopic (exact) mass is 599 g/mol. The van der Waals surface area contributed by atoms with Gasteiger partial charge in [-0.05, 0) is 52.2 Å². The molecule has 7 rings (SSSR count). The molecule has 2 N–H and O–H groups in total. The van der Waals surface area contributed by atoms with Crippen molar-refractivity contribution in [2.24, 2.45) is 0 Å². The van der Waals surface area contributed by atoms with E-state index in [-0.39, 0.29) is 6.42 Å². The van der Waals surface area contributed by atoms with Crippen molar-refractivity contribution in [2.45, 2.75) is 17.6 Å². The number of rotatable bonds is 9. The molecule has 0 radical (unpaired) electrons. The number of hydrogen-bond acceptors (Lipinski definition) is 8. The van der Waals surface area contributed by atoms with Crippen LogP contribution in [0.3, 0.4) is 0 Å². The van der Waals surface area contributed by atoms with Gasteiger partial charge in [0.05, 0.1) is 13.7 Å². The predicted molar refractivity (Wildman–Crippen MR) is 175 cm³/mol. The molecule has 0 aliphatic carbocycles. The van der Waals surface area contributed by atoms with Gasteiger partial charge in [-0.15, -0.1) is 0 Å². The molecule has 6 aromatic rings. The molecule has 0 amide bonds. The van der Waals surface area contributed by atoms with Crippen LogP contribution in [0.4, 0.5) is 11.7 Å². The Labute approximate surface area is 260 Å². The smallest absolute Gasteiger partial charge is 0.335 e. The first-order chi connectivity index (χ1) is 21.9. The van der Waals surface area contributed by atoms with E-state index in [0.717, 1.165) is 27.4 Å². The molecular formula is C37H33N3O5. The van der Waals surface area contributed by atoms with Crippen LogP contribution in [0.15, 0.2) is 120 Å². The zero-order valence-corrected chi connectivity index (χ0v) is 25.1. The lowest BCUT2D eigenvalue weighted by atomic mass is 9.69. The van der Waals surface area contributed by atoms with Gasteiger partial charge in [-0.2, -0.15) is 4.98 Å². The fraction of sp³-hybridized carbons (Fsp3) is 0.189. The van der Waals surface area contributed by atoms with Crippen LogP contribution in [0.5, 0.6) is 5.75 Å². The number of esters is 1. The zero-order chi connectivity index (χ0) is 31.0. The van der Waals surface area contributed by atoms with E-state index in [4.69, 9.17) is 13.9 Å². The Morgan fingerprint density at radius 2 is 1.60 bits per heavy atom. The third-order valence-corrected chi connectivity index (χ3v) is 8.69. The largest absolute Gasteiger partial charge is 0.492 e. The van der Waals surface area contributed by atoms with Crippen molar-refractivity contribution < 1.29 is 23.8 Å². The van der Waals surface area contributed by atoms with Crippen LogP contribution in [0.25, 0.3) is 21.9 Å². The molecule has 0 bridgehead atoms. The highest BCUT2D eigenvalue weighted by atomic mass is 16.5. The van der Waals surface area contributed by atoms with Crippen LogP contribution in [0.1, 0.15) is 16.7 Å². The SMILES string of the molecule is COC(=O)C1(Cc2ccc(OCCN(C)c3nc4ccccc4o3)cc2)Nc2ccccc2C1(O)c1cccc2ccccc12. The number of hydrogen-bond donors (Lipinski definition) is 2. The number of likely N-dealkylation sites (N-methyl/N-ethyl adjacent to an activating group) is 1. The molecule has 45 heavy (non-hydrogen) atoms. The average Bonchev–Trinajstić information content (AvgIpc) is 3.63. The van der Waals surface area contributed by atoms with E-state index in [1.807, 2.05) is 127 Å². The van der Waals surface area contributed by atoms with E-state index in [0.29, 0.717) is 41.7 Å². The van der Waals surface area contributed by atoms with E-state index >= 15 is 0 Å². The fourth-order valence-corrected chi connectivity index (χ4v) is 6.42. The van der Waals surface area contributed by atoms with Crippen molar-refractivity contribution >= 4 is 39.5 Å². The van der Waals surface area contributed by atoms with Gasteiger partial charge in [0.15, 0.2) is 16.7 Å². The number of carbonyl (C=O) groups excluding carboxylic acids is 1. The maximum atomic E-state index is 13.9.